The third kappa shape index (κ3) is 4.06. The van der Waals surface area contributed by atoms with Gasteiger partial charge in [-0.15, -0.1) is 0 Å². The van der Waals surface area contributed by atoms with Gasteiger partial charge in [0.15, 0.2) is 0 Å². The predicted molar refractivity (Wildman–Crippen MR) is 98.9 cm³/mol. The highest BCUT2D eigenvalue weighted by molar-refractivity contribution is 7.85. The van der Waals surface area contributed by atoms with E-state index in [-0.39, 0.29) is 11.4 Å². The smallest absolute Gasteiger partial charge is 0.251 e. The molecule has 4 nitrogen and oxygen atoms in total. The summed E-state index contributed by atoms with van der Waals surface area (Å²) >= 11 is 0. The molecule has 0 radical (unpaired) electrons. The van der Waals surface area contributed by atoms with Crippen molar-refractivity contribution in [2.45, 2.75) is 45.1 Å². The predicted octanol–water partition coefficient (Wildman–Crippen LogP) is 2.14. The van der Waals surface area contributed by atoms with E-state index in [9.17, 15) is 9.00 Å². The van der Waals surface area contributed by atoms with Crippen LogP contribution in [-0.4, -0.2) is 51.7 Å². The molecule has 1 N–H and O–H groups in total. The minimum Gasteiger partial charge on any atom is -0.350 e. The summed E-state index contributed by atoms with van der Waals surface area (Å²) in [5.41, 5.74) is 3.39. The van der Waals surface area contributed by atoms with Crippen LogP contribution in [0.3, 0.4) is 0 Å². The maximum Gasteiger partial charge on any atom is 0.251 e. The number of aryl methyl sites for hydroxylation is 2. The van der Waals surface area contributed by atoms with Crippen molar-refractivity contribution < 1.29 is 9.00 Å². The second-order valence-corrected chi connectivity index (χ2v) is 9.22. The first kappa shape index (κ1) is 17.6. The molecule has 1 amide bonds. The van der Waals surface area contributed by atoms with E-state index in [0.29, 0.717) is 6.54 Å². The molecule has 5 heteroatoms. The topological polar surface area (TPSA) is 49.4 Å². The number of fused-ring (bicyclic) bond motifs is 1. The average molecular weight is 349 g/mol. The number of rotatable bonds is 4. The van der Waals surface area contributed by atoms with E-state index in [1.54, 1.807) is 0 Å². The van der Waals surface area contributed by atoms with Gasteiger partial charge in [0, 0.05) is 53.0 Å². The zero-order valence-electron chi connectivity index (χ0n) is 14.8. The van der Waals surface area contributed by atoms with E-state index in [0.717, 1.165) is 43.0 Å². The fourth-order valence-electron chi connectivity index (χ4n) is 3.63. The van der Waals surface area contributed by atoms with Crippen LogP contribution in [0.15, 0.2) is 18.2 Å². The summed E-state index contributed by atoms with van der Waals surface area (Å²) in [5.74, 6) is 1.49. The highest BCUT2D eigenvalue weighted by Crippen LogP contribution is 2.22. The first-order valence-electron chi connectivity index (χ1n) is 8.96. The van der Waals surface area contributed by atoms with E-state index in [4.69, 9.17) is 0 Å². The van der Waals surface area contributed by atoms with Crippen LogP contribution >= 0.6 is 0 Å². The monoisotopic (exact) mass is 348 g/mol. The molecule has 132 valence electrons. The number of carbonyl (C=O) groups excluding carboxylic acids is 1. The van der Waals surface area contributed by atoms with Gasteiger partial charge in [0.2, 0.25) is 0 Å². The summed E-state index contributed by atoms with van der Waals surface area (Å²) < 4.78 is 11.5. The first-order chi connectivity index (χ1) is 11.5. The molecular formula is C19H28N2O2S. The summed E-state index contributed by atoms with van der Waals surface area (Å²) in [5, 5.41) is 3.10. The second-order valence-electron chi connectivity index (χ2n) is 7.52. The highest BCUT2D eigenvalue weighted by Gasteiger charge is 2.30. The van der Waals surface area contributed by atoms with Gasteiger partial charge in [-0.3, -0.25) is 13.9 Å². The quantitative estimate of drug-likeness (QED) is 0.907. The number of nitrogens with zero attached hydrogens (tertiary/aromatic N) is 1. The molecule has 0 aromatic heterocycles. The van der Waals surface area contributed by atoms with Crippen LogP contribution in [0.4, 0.5) is 0 Å². The number of hydrogen-bond acceptors (Lipinski definition) is 3. The summed E-state index contributed by atoms with van der Waals surface area (Å²) in [4.78, 5) is 14.9. The lowest BCUT2D eigenvalue weighted by Crippen LogP contribution is -2.55. The summed E-state index contributed by atoms with van der Waals surface area (Å²) in [6, 6.07) is 6.14. The highest BCUT2D eigenvalue weighted by atomic mass is 32.2. The first-order valence-corrected chi connectivity index (χ1v) is 10.4. The van der Waals surface area contributed by atoms with Crippen molar-refractivity contribution in [3.63, 3.8) is 0 Å². The Balaban J connectivity index is 1.59. The van der Waals surface area contributed by atoms with Crippen LogP contribution in [0.2, 0.25) is 0 Å². The molecule has 1 fully saturated rings. The number of nitrogens with one attached hydrogen (secondary N) is 1. The summed E-state index contributed by atoms with van der Waals surface area (Å²) in [6.45, 7) is 6.58. The van der Waals surface area contributed by atoms with Crippen LogP contribution in [0.25, 0.3) is 0 Å². The molecule has 0 bridgehead atoms. The van der Waals surface area contributed by atoms with Crippen LogP contribution in [-0.2, 0) is 23.6 Å². The minimum atomic E-state index is -0.669. The Morgan fingerprint density at radius 3 is 2.54 bits per heavy atom. The standard InChI is InChI=1S/C19H28N2O2S/c1-19(2,21-9-11-24(23)12-10-21)14-20-18(22)17-8-7-15-5-3-4-6-16(15)13-17/h7-8,13H,3-6,9-12,14H2,1-2H3,(H,20,22). The molecule has 0 spiro atoms. The maximum atomic E-state index is 12.5. The molecular weight excluding hydrogens is 320 g/mol. The molecule has 1 aromatic carbocycles. The van der Waals surface area contributed by atoms with E-state index in [2.05, 4.69) is 36.2 Å². The van der Waals surface area contributed by atoms with Crippen molar-refractivity contribution >= 4 is 16.7 Å². The maximum absolute atomic E-state index is 12.5. The van der Waals surface area contributed by atoms with Gasteiger partial charge in [0.25, 0.3) is 5.91 Å². The second kappa shape index (κ2) is 7.36. The lowest BCUT2D eigenvalue weighted by atomic mass is 9.90. The molecule has 0 atom stereocenters. The lowest BCUT2D eigenvalue weighted by molar-refractivity contribution is 0.0883. The molecule has 24 heavy (non-hydrogen) atoms. The Morgan fingerprint density at radius 1 is 1.17 bits per heavy atom. The van der Waals surface area contributed by atoms with E-state index < -0.39 is 10.8 Å². The Labute approximate surface area is 147 Å². The molecule has 0 unspecified atom stereocenters. The van der Waals surface area contributed by atoms with Crippen molar-refractivity contribution in [3.05, 3.63) is 34.9 Å². The van der Waals surface area contributed by atoms with Gasteiger partial charge >= 0.3 is 0 Å². The molecule has 2 aliphatic rings. The molecule has 0 saturated carbocycles. The Bertz CT molecular complexity index is 632. The molecule has 1 aliphatic heterocycles. The van der Waals surface area contributed by atoms with Gasteiger partial charge in [-0.2, -0.15) is 0 Å². The van der Waals surface area contributed by atoms with Crippen molar-refractivity contribution in [2.24, 2.45) is 0 Å². The fraction of sp³-hybridized carbons (Fsp3) is 0.632. The number of hydrogen-bond donors (Lipinski definition) is 1. The zero-order valence-corrected chi connectivity index (χ0v) is 15.6. The number of carbonyl (C=O) groups is 1. The van der Waals surface area contributed by atoms with E-state index >= 15 is 0 Å². The SMILES string of the molecule is CC(C)(CNC(=O)c1ccc2c(c1)CCCC2)N1CCS(=O)CC1. The molecule has 3 rings (SSSR count). The normalized spacial score (nSPS) is 19.8. The van der Waals surface area contributed by atoms with Gasteiger partial charge in [0.05, 0.1) is 0 Å². The van der Waals surface area contributed by atoms with E-state index in [1.165, 1.54) is 24.0 Å². The van der Waals surface area contributed by atoms with Gasteiger partial charge in [0.1, 0.15) is 0 Å². The van der Waals surface area contributed by atoms with E-state index in [1.807, 2.05) is 6.07 Å². The Morgan fingerprint density at radius 2 is 1.83 bits per heavy atom. The van der Waals surface area contributed by atoms with Crippen molar-refractivity contribution in [1.82, 2.24) is 10.2 Å². The van der Waals surface area contributed by atoms with Crippen LogP contribution in [0, 0.1) is 0 Å². The fourth-order valence-corrected chi connectivity index (χ4v) is 4.68. The van der Waals surface area contributed by atoms with Crippen molar-refractivity contribution in [1.29, 1.82) is 0 Å². The van der Waals surface area contributed by atoms with Crippen LogP contribution in [0.5, 0.6) is 0 Å². The lowest BCUT2D eigenvalue weighted by Gasteiger charge is -2.40. The third-order valence-electron chi connectivity index (χ3n) is 5.33. The minimum absolute atomic E-state index is 0.0111. The molecule has 1 heterocycles. The zero-order chi connectivity index (χ0) is 17.2. The Kier molecular flexibility index (Phi) is 5.40. The average Bonchev–Trinajstić information content (AvgIpc) is 2.59. The van der Waals surface area contributed by atoms with Gasteiger partial charge in [-0.05, 0) is 62.8 Å². The number of amides is 1. The van der Waals surface area contributed by atoms with Crippen LogP contribution < -0.4 is 5.32 Å². The molecule has 1 aliphatic carbocycles. The van der Waals surface area contributed by atoms with Gasteiger partial charge in [-0.1, -0.05) is 6.07 Å². The van der Waals surface area contributed by atoms with Crippen molar-refractivity contribution in [3.8, 4) is 0 Å². The van der Waals surface area contributed by atoms with Gasteiger partial charge in [-0.25, -0.2) is 0 Å². The Hall–Kier alpha value is -1.20. The van der Waals surface area contributed by atoms with Crippen LogP contribution in [0.1, 0.15) is 48.2 Å². The molecule has 1 saturated heterocycles. The van der Waals surface area contributed by atoms with Crippen molar-refractivity contribution in [2.75, 3.05) is 31.1 Å². The largest absolute Gasteiger partial charge is 0.350 e. The number of benzene rings is 1. The summed E-state index contributed by atoms with van der Waals surface area (Å²) in [6.07, 6.45) is 4.71. The molecule has 1 aromatic rings. The third-order valence-corrected chi connectivity index (χ3v) is 6.60. The summed E-state index contributed by atoms with van der Waals surface area (Å²) in [7, 11) is -0.669. The van der Waals surface area contributed by atoms with Gasteiger partial charge < -0.3 is 5.32 Å².